The molecule has 0 saturated heterocycles. The van der Waals surface area contributed by atoms with Gasteiger partial charge in [-0.25, -0.2) is 0 Å². The van der Waals surface area contributed by atoms with Crippen molar-refractivity contribution >= 4 is 0 Å². The number of hydrogen-bond acceptors (Lipinski definition) is 1. The number of rotatable bonds is 3. The molecule has 0 radical (unpaired) electrons. The molecular formula is C15H33N. The average Bonchev–Trinajstić information content (AvgIpc) is 2.37. The van der Waals surface area contributed by atoms with Crippen molar-refractivity contribution in [2.24, 2.45) is 0 Å². The van der Waals surface area contributed by atoms with Gasteiger partial charge in [0.1, 0.15) is 0 Å². The summed E-state index contributed by atoms with van der Waals surface area (Å²) in [7, 11) is 0. The van der Waals surface area contributed by atoms with Gasteiger partial charge in [-0.05, 0) is 32.5 Å². The Hall–Kier alpha value is -0.980. The molecule has 0 aliphatic rings. The number of allylic oxidation sites excluding steroid dienone is 4. The lowest BCUT2D eigenvalue weighted by atomic mass is 10.3. The summed E-state index contributed by atoms with van der Waals surface area (Å²) < 4.78 is 0. The lowest BCUT2D eigenvalue weighted by Gasteiger charge is -1.91. The van der Waals surface area contributed by atoms with Crippen molar-refractivity contribution in [1.82, 2.24) is 5.32 Å². The highest BCUT2D eigenvalue weighted by atomic mass is 14.8. The van der Waals surface area contributed by atoms with Crippen molar-refractivity contribution in [1.29, 1.82) is 0 Å². The summed E-state index contributed by atoms with van der Waals surface area (Å²) in [4.78, 5) is 0. The van der Waals surface area contributed by atoms with Crippen LogP contribution in [0, 0.1) is 0 Å². The second-order valence-electron chi connectivity index (χ2n) is 2.06. The summed E-state index contributed by atoms with van der Waals surface area (Å²) in [5, 5.41) is 3.03. The summed E-state index contributed by atoms with van der Waals surface area (Å²) in [5.41, 5.74) is 1.22. The number of nitrogens with one attached hydrogen (secondary N) is 1. The summed E-state index contributed by atoms with van der Waals surface area (Å²) in [6.07, 6.45) is 9.88. The first-order valence-corrected chi connectivity index (χ1v) is 6.48. The summed E-state index contributed by atoms with van der Waals surface area (Å²) in [6, 6.07) is 0. The zero-order chi connectivity index (χ0) is 13.8. The predicted molar refractivity (Wildman–Crippen MR) is 80.6 cm³/mol. The fourth-order valence-electron chi connectivity index (χ4n) is 0.587. The molecule has 0 aliphatic carbocycles. The van der Waals surface area contributed by atoms with Gasteiger partial charge >= 0.3 is 0 Å². The van der Waals surface area contributed by atoms with E-state index in [2.05, 4.69) is 18.3 Å². The van der Waals surface area contributed by atoms with Crippen LogP contribution in [0.3, 0.4) is 0 Å². The first-order chi connectivity index (χ1) is 7.81. The summed E-state index contributed by atoms with van der Waals surface area (Å²) >= 11 is 0. The first kappa shape index (κ1) is 24.3. The van der Waals surface area contributed by atoms with Crippen LogP contribution in [-0.2, 0) is 0 Å². The quantitative estimate of drug-likeness (QED) is 0.613. The molecule has 0 spiro atoms. The van der Waals surface area contributed by atoms with Gasteiger partial charge < -0.3 is 5.32 Å². The maximum absolute atomic E-state index is 3.03. The Kier molecular flexibility index (Phi) is 56.1. The standard InChI is InChI=1S/C9H15N.3C2H6/c1-4-6-9(3)8-10-7-5-2;3*1-2/h4-8,10H,1-3H3;3*1-2H3/b6-4+,7-5+,9-8-;;;. The fraction of sp³-hybridized carbons (Fsp3) is 0.600. The molecule has 0 aromatic heterocycles. The fourth-order valence-corrected chi connectivity index (χ4v) is 0.587. The zero-order valence-electron chi connectivity index (χ0n) is 12.9. The van der Waals surface area contributed by atoms with Crippen LogP contribution in [0.2, 0.25) is 0 Å². The van der Waals surface area contributed by atoms with E-state index in [1.54, 1.807) is 0 Å². The lowest BCUT2D eigenvalue weighted by molar-refractivity contribution is 1.16. The molecule has 1 N–H and O–H groups in total. The molecule has 0 saturated carbocycles. The second kappa shape index (κ2) is 37.0. The van der Waals surface area contributed by atoms with E-state index in [1.807, 2.05) is 79.9 Å². The van der Waals surface area contributed by atoms with E-state index in [9.17, 15) is 0 Å². The third-order valence-corrected chi connectivity index (χ3v) is 1.00. The van der Waals surface area contributed by atoms with E-state index in [1.165, 1.54) is 5.57 Å². The predicted octanol–water partition coefficient (Wildman–Crippen LogP) is 5.67. The minimum absolute atomic E-state index is 1.22. The van der Waals surface area contributed by atoms with Gasteiger partial charge in [0, 0.05) is 6.20 Å². The maximum atomic E-state index is 3.03. The van der Waals surface area contributed by atoms with Gasteiger partial charge in [-0.3, -0.25) is 0 Å². The molecular weight excluding hydrogens is 194 g/mol. The van der Waals surface area contributed by atoms with Crippen LogP contribution < -0.4 is 5.32 Å². The first-order valence-electron chi connectivity index (χ1n) is 6.48. The number of hydrogen-bond donors (Lipinski definition) is 1. The van der Waals surface area contributed by atoms with Crippen molar-refractivity contribution in [3.63, 3.8) is 0 Å². The zero-order valence-corrected chi connectivity index (χ0v) is 12.9. The smallest absolute Gasteiger partial charge is 0.00337 e. The van der Waals surface area contributed by atoms with Crippen molar-refractivity contribution in [3.05, 3.63) is 36.2 Å². The van der Waals surface area contributed by atoms with Crippen LogP contribution in [0.25, 0.3) is 0 Å². The van der Waals surface area contributed by atoms with Gasteiger partial charge in [0.25, 0.3) is 0 Å². The largest absolute Gasteiger partial charge is 0.368 e. The van der Waals surface area contributed by atoms with Crippen molar-refractivity contribution in [3.8, 4) is 0 Å². The molecule has 0 aliphatic heterocycles. The Bertz CT molecular complexity index is 153. The molecule has 0 amide bonds. The highest BCUT2D eigenvalue weighted by molar-refractivity contribution is 5.14. The Morgan fingerprint density at radius 3 is 1.56 bits per heavy atom. The molecule has 0 aromatic carbocycles. The Balaban J connectivity index is -0.000000103. The average molecular weight is 227 g/mol. The van der Waals surface area contributed by atoms with Crippen LogP contribution in [-0.4, -0.2) is 0 Å². The molecule has 16 heavy (non-hydrogen) atoms. The van der Waals surface area contributed by atoms with Crippen LogP contribution in [0.4, 0.5) is 0 Å². The van der Waals surface area contributed by atoms with E-state index < -0.39 is 0 Å². The van der Waals surface area contributed by atoms with Crippen LogP contribution in [0.1, 0.15) is 62.3 Å². The molecule has 0 atom stereocenters. The van der Waals surface area contributed by atoms with Gasteiger partial charge in [0.2, 0.25) is 0 Å². The van der Waals surface area contributed by atoms with Crippen molar-refractivity contribution < 1.29 is 0 Å². The summed E-state index contributed by atoms with van der Waals surface area (Å²) in [5.74, 6) is 0. The van der Waals surface area contributed by atoms with Gasteiger partial charge in [0.05, 0.1) is 0 Å². The SMILES string of the molecule is C/C=C/N/C=C(C)\C=C\C.CC.CC.CC. The molecule has 0 heterocycles. The monoisotopic (exact) mass is 227 g/mol. The van der Waals surface area contributed by atoms with Crippen molar-refractivity contribution in [2.45, 2.75) is 62.3 Å². The van der Waals surface area contributed by atoms with E-state index in [0.717, 1.165) is 0 Å². The Morgan fingerprint density at radius 1 is 0.812 bits per heavy atom. The minimum atomic E-state index is 1.22. The van der Waals surface area contributed by atoms with Gasteiger partial charge in [-0.2, -0.15) is 0 Å². The molecule has 0 aromatic rings. The summed E-state index contributed by atoms with van der Waals surface area (Å²) in [6.45, 7) is 18.0. The molecule has 0 fully saturated rings. The van der Waals surface area contributed by atoms with Gasteiger partial charge in [-0.15, -0.1) is 0 Å². The topological polar surface area (TPSA) is 12.0 Å². The van der Waals surface area contributed by atoms with Crippen molar-refractivity contribution in [2.75, 3.05) is 0 Å². The third-order valence-electron chi connectivity index (χ3n) is 1.00. The van der Waals surface area contributed by atoms with Crippen LogP contribution in [0.15, 0.2) is 36.2 Å². The van der Waals surface area contributed by atoms with Gasteiger partial charge in [0.15, 0.2) is 0 Å². The molecule has 1 heteroatoms. The van der Waals surface area contributed by atoms with Crippen LogP contribution >= 0.6 is 0 Å². The highest BCUT2D eigenvalue weighted by Crippen LogP contribution is 1.90. The Labute approximate surface area is 104 Å². The van der Waals surface area contributed by atoms with E-state index in [4.69, 9.17) is 0 Å². The van der Waals surface area contributed by atoms with Crippen LogP contribution in [0.5, 0.6) is 0 Å². The van der Waals surface area contributed by atoms with E-state index in [0.29, 0.717) is 0 Å². The highest BCUT2D eigenvalue weighted by Gasteiger charge is 1.74. The maximum Gasteiger partial charge on any atom is 0.00337 e. The Morgan fingerprint density at radius 2 is 1.25 bits per heavy atom. The van der Waals surface area contributed by atoms with E-state index in [-0.39, 0.29) is 0 Å². The molecule has 98 valence electrons. The minimum Gasteiger partial charge on any atom is -0.368 e. The van der Waals surface area contributed by atoms with E-state index >= 15 is 0 Å². The molecule has 1 nitrogen and oxygen atoms in total. The van der Waals surface area contributed by atoms with Gasteiger partial charge in [-0.1, -0.05) is 59.8 Å². The molecule has 0 rings (SSSR count). The normalized spacial score (nSPS) is 9.44. The second-order valence-corrected chi connectivity index (χ2v) is 2.06. The molecule has 0 unspecified atom stereocenters. The molecule has 0 bridgehead atoms. The lowest BCUT2D eigenvalue weighted by Crippen LogP contribution is -1.91. The third kappa shape index (κ3) is 38.2.